The topological polar surface area (TPSA) is 95.5 Å². The Bertz CT molecular complexity index is 1300. The zero-order valence-corrected chi connectivity index (χ0v) is 20.3. The Morgan fingerprint density at radius 1 is 0.806 bits per heavy atom. The first-order valence-electron chi connectivity index (χ1n) is 11.7. The molecule has 0 aliphatic rings. The van der Waals surface area contributed by atoms with Gasteiger partial charge < -0.3 is 10.1 Å². The van der Waals surface area contributed by atoms with Crippen LogP contribution in [0.5, 0.6) is 0 Å². The Balaban J connectivity index is 1.68. The fraction of sp³-hybridized carbons (Fsp3) is 0.214. The Labute approximate surface area is 210 Å². The van der Waals surface area contributed by atoms with Crippen molar-refractivity contribution in [3.8, 4) is 0 Å². The second kappa shape index (κ2) is 12.5. The molecule has 0 aliphatic carbocycles. The predicted molar refractivity (Wildman–Crippen MR) is 136 cm³/mol. The lowest BCUT2D eigenvalue weighted by molar-refractivity contribution is -0.282. The summed E-state index contributed by atoms with van der Waals surface area (Å²) in [6.45, 7) is 2.38. The highest BCUT2D eigenvalue weighted by atomic mass is 17.2. The van der Waals surface area contributed by atoms with Gasteiger partial charge in [-0.1, -0.05) is 66.7 Å². The maximum Gasteiger partial charge on any atom is 0.340 e. The minimum Gasteiger partial charge on any atom is -0.462 e. The van der Waals surface area contributed by atoms with Crippen LogP contribution in [-0.2, 0) is 34.0 Å². The number of rotatable bonds is 11. The van der Waals surface area contributed by atoms with Gasteiger partial charge in [0.2, 0.25) is 5.95 Å². The van der Waals surface area contributed by atoms with Gasteiger partial charge in [-0.05, 0) is 35.7 Å². The van der Waals surface area contributed by atoms with Gasteiger partial charge in [0.25, 0.3) is 0 Å². The van der Waals surface area contributed by atoms with Gasteiger partial charge in [-0.3, -0.25) is 0 Å². The molecule has 0 saturated heterocycles. The van der Waals surface area contributed by atoms with Crippen LogP contribution in [0.25, 0.3) is 0 Å². The number of carbonyl (C=O) groups excluding carboxylic acids is 1. The zero-order chi connectivity index (χ0) is 25.2. The molecule has 0 amide bonds. The third-order valence-corrected chi connectivity index (χ3v) is 5.40. The second-order valence-electron chi connectivity index (χ2n) is 7.92. The molecule has 3 aromatic carbocycles. The van der Waals surface area contributed by atoms with Crippen LogP contribution in [0.4, 0.5) is 11.6 Å². The first-order chi connectivity index (χ1) is 17.7. The first-order valence-corrected chi connectivity index (χ1v) is 11.7. The van der Waals surface area contributed by atoms with Crippen molar-refractivity contribution < 1.29 is 19.3 Å². The quantitative estimate of drug-likeness (QED) is 0.179. The lowest BCUT2D eigenvalue weighted by Gasteiger charge is -2.13. The van der Waals surface area contributed by atoms with E-state index in [1.165, 1.54) is 7.11 Å². The molecule has 8 heteroatoms. The van der Waals surface area contributed by atoms with Crippen molar-refractivity contribution in [1.82, 2.24) is 15.0 Å². The second-order valence-corrected chi connectivity index (χ2v) is 7.92. The van der Waals surface area contributed by atoms with E-state index in [1.807, 2.05) is 60.7 Å². The molecule has 0 unspecified atom stereocenters. The molecule has 0 radical (unpaired) electrons. The molecule has 1 heterocycles. The standard InChI is InChI=1S/C28H28N4O4/c1-3-35-27(33)23-15-9-10-16-24(23)29-28-31-25(17-20-11-5-4-6-12-20)30-26(32-28)18-21-13-7-8-14-22(21)19-36-34-2/h4-16H,3,17-19H2,1-2H3,(H,29,30,31,32). The highest BCUT2D eigenvalue weighted by Crippen LogP contribution is 2.21. The minimum atomic E-state index is -0.411. The van der Waals surface area contributed by atoms with Crippen molar-refractivity contribution in [3.05, 3.63) is 113 Å². The summed E-state index contributed by atoms with van der Waals surface area (Å²) in [4.78, 5) is 36.5. The van der Waals surface area contributed by atoms with Gasteiger partial charge in [0, 0.05) is 12.8 Å². The molecule has 1 aromatic heterocycles. The van der Waals surface area contributed by atoms with Gasteiger partial charge in [0.15, 0.2) is 0 Å². The van der Waals surface area contributed by atoms with Crippen LogP contribution in [0.2, 0.25) is 0 Å². The summed E-state index contributed by atoms with van der Waals surface area (Å²) in [5.74, 6) is 1.16. The first kappa shape index (κ1) is 25.0. The summed E-state index contributed by atoms with van der Waals surface area (Å²) in [5, 5.41) is 3.21. The van der Waals surface area contributed by atoms with Crippen molar-refractivity contribution in [3.63, 3.8) is 0 Å². The Morgan fingerprint density at radius 3 is 2.22 bits per heavy atom. The number of esters is 1. The molecule has 1 N–H and O–H groups in total. The summed E-state index contributed by atoms with van der Waals surface area (Å²) in [6, 6.07) is 25.0. The Kier molecular flexibility index (Phi) is 8.69. The molecule has 8 nitrogen and oxygen atoms in total. The molecule has 184 valence electrons. The van der Waals surface area contributed by atoms with Crippen LogP contribution >= 0.6 is 0 Å². The van der Waals surface area contributed by atoms with Gasteiger partial charge in [-0.25, -0.2) is 19.6 Å². The molecule has 0 saturated carbocycles. The van der Waals surface area contributed by atoms with Crippen molar-refractivity contribution in [2.75, 3.05) is 19.0 Å². The van der Waals surface area contributed by atoms with Crippen LogP contribution in [0.1, 0.15) is 45.6 Å². The number of nitrogens with one attached hydrogen (secondary N) is 1. The van der Waals surface area contributed by atoms with E-state index < -0.39 is 5.97 Å². The predicted octanol–water partition coefficient (Wildman–Crippen LogP) is 5.05. The summed E-state index contributed by atoms with van der Waals surface area (Å²) in [7, 11) is 1.48. The number of anilines is 2. The van der Waals surface area contributed by atoms with Crippen LogP contribution < -0.4 is 5.32 Å². The number of aromatic nitrogens is 3. The summed E-state index contributed by atoms with van der Waals surface area (Å²) in [5.41, 5.74) is 4.05. The third-order valence-electron chi connectivity index (χ3n) is 5.40. The molecule has 36 heavy (non-hydrogen) atoms. The SMILES string of the molecule is CCOC(=O)c1ccccc1Nc1nc(Cc2ccccc2)nc(Cc2ccccc2COOC)n1. The lowest BCUT2D eigenvalue weighted by atomic mass is 10.0. The molecule has 0 fully saturated rings. The van der Waals surface area contributed by atoms with E-state index in [9.17, 15) is 4.79 Å². The minimum absolute atomic E-state index is 0.288. The molecular formula is C28H28N4O4. The van der Waals surface area contributed by atoms with E-state index in [1.54, 1.807) is 25.1 Å². The maximum absolute atomic E-state index is 12.5. The molecule has 4 aromatic rings. The fourth-order valence-electron chi connectivity index (χ4n) is 3.72. The molecule has 0 aliphatic heterocycles. The number of para-hydroxylation sites is 1. The van der Waals surface area contributed by atoms with Crippen molar-refractivity contribution >= 4 is 17.6 Å². The third kappa shape index (κ3) is 6.71. The van der Waals surface area contributed by atoms with Gasteiger partial charge in [0.1, 0.15) is 18.3 Å². The van der Waals surface area contributed by atoms with E-state index in [4.69, 9.17) is 19.5 Å². The Hall–Kier alpha value is -4.14. The number of hydrogen-bond acceptors (Lipinski definition) is 8. The lowest BCUT2D eigenvalue weighted by Crippen LogP contribution is -2.12. The monoisotopic (exact) mass is 484 g/mol. The number of nitrogens with zero attached hydrogens (tertiary/aromatic N) is 3. The number of hydrogen-bond donors (Lipinski definition) is 1. The number of benzene rings is 3. The average Bonchev–Trinajstić information content (AvgIpc) is 2.89. The zero-order valence-electron chi connectivity index (χ0n) is 20.3. The molecule has 0 atom stereocenters. The maximum atomic E-state index is 12.5. The fourth-order valence-corrected chi connectivity index (χ4v) is 3.72. The van der Waals surface area contributed by atoms with E-state index >= 15 is 0 Å². The summed E-state index contributed by atoms with van der Waals surface area (Å²) < 4.78 is 5.20. The number of ether oxygens (including phenoxy) is 1. The van der Waals surface area contributed by atoms with E-state index in [0.29, 0.717) is 48.3 Å². The van der Waals surface area contributed by atoms with Crippen molar-refractivity contribution in [2.24, 2.45) is 0 Å². The summed E-state index contributed by atoms with van der Waals surface area (Å²) >= 11 is 0. The molecule has 0 bridgehead atoms. The van der Waals surface area contributed by atoms with Gasteiger partial charge in [0.05, 0.1) is 25.0 Å². The molecular weight excluding hydrogens is 456 g/mol. The smallest absolute Gasteiger partial charge is 0.340 e. The molecule has 4 rings (SSSR count). The number of carbonyl (C=O) groups is 1. The van der Waals surface area contributed by atoms with Crippen LogP contribution in [-0.4, -0.2) is 34.6 Å². The van der Waals surface area contributed by atoms with E-state index in [2.05, 4.69) is 15.3 Å². The highest BCUT2D eigenvalue weighted by molar-refractivity contribution is 5.96. The summed E-state index contributed by atoms with van der Waals surface area (Å²) in [6.07, 6.45) is 1.01. The van der Waals surface area contributed by atoms with E-state index in [0.717, 1.165) is 16.7 Å². The van der Waals surface area contributed by atoms with Gasteiger partial charge in [-0.2, -0.15) is 9.97 Å². The molecule has 0 spiro atoms. The normalized spacial score (nSPS) is 10.7. The van der Waals surface area contributed by atoms with Gasteiger partial charge in [-0.15, -0.1) is 0 Å². The average molecular weight is 485 g/mol. The van der Waals surface area contributed by atoms with E-state index in [-0.39, 0.29) is 6.61 Å². The van der Waals surface area contributed by atoms with Crippen LogP contribution in [0.15, 0.2) is 78.9 Å². The largest absolute Gasteiger partial charge is 0.462 e. The van der Waals surface area contributed by atoms with Crippen LogP contribution in [0.3, 0.4) is 0 Å². The van der Waals surface area contributed by atoms with Gasteiger partial charge >= 0.3 is 5.97 Å². The van der Waals surface area contributed by atoms with Crippen LogP contribution in [0, 0.1) is 0 Å². The Morgan fingerprint density at radius 2 is 1.47 bits per heavy atom. The van der Waals surface area contributed by atoms with Crippen molar-refractivity contribution in [1.29, 1.82) is 0 Å². The highest BCUT2D eigenvalue weighted by Gasteiger charge is 2.15. The van der Waals surface area contributed by atoms with Crippen molar-refractivity contribution in [2.45, 2.75) is 26.4 Å².